The zero-order chi connectivity index (χ0) is 48.7. The first kappa shape index (κ1) is 48.5. The number of imide groups is 2. The molecule has 7 aromatic carbocycles. The predicted octanol–water partition coefficient (Wildman–Crippen LogP) is 15.7. The lowest BCUT2D eigenvalue weighted by atomic mass is 9.77. The first-order chi connectivity index (χ1) is 34.3. The van der Waals surface area contributed by atoms with Gasteiger partial charge in [0.25, 0.3) is 23.6 Å². The van der Waals surface area contributed by atoms with E-state index in [0.717, 1.165) is 119 Å². The van der Waals surface area contributed by atoms with E-state index in [1.54, 1.807) is 24.3 Å². The molecule has 0 spiro atoms. The SMILES string of the molecule is CCCCCCCCCCCCN1C(=O)c2ccc3c4c(-c5ccc(C=O)cc5)cc5c6c(ccc(c7c(-c8ccc(C=O)cc8)cc(c2c37)C1=O)c64)C(=O)N(CCCCCCCCCCCC)C5=O. The highest BCUT2D eigenvalue weighted by Crippen LogP contribution is 2.52. The molecule has 360 valence electrons. The molecular weight excluding hydrogens is 869 g/mol. The Hall–Kier alpha value is -6.54. The highest BCUT2D eigenvalue weighted by Gasteiger charge is 2.38. The Balaban J connectivity index is 1.15. The summed E-state index contributed by atoms with van der Waals surface area (Å²) in [5.41, 5.74) is 5.89. The van der Waals surface area contributed by atoms with Crippen LogP contribution in [0.2, 0.25) is 0 Å². The van der Waals surface area contributed by atoms with Crippen molar-refractivity contribution >= 4 is 79.3 Å². The van der Waals surface area contributed by atoms with Crippen molar-refractivity contribution in [1.29, 1.82) is 0 Å². The summed E-state index contributed by atoms with van der Waals surface area (Å²) in [6.45, 7) is 5.12. The minimum absolute atomic E-state index is 0.312. The molecule has 9 rings (SSSR count). The van der Waals surface area contributed by atoms with Crippen molar-refractivity contribution in [2.75, 3.05) is 13.1 Å². The second kappa shape index (κ2) is 22.0. The molecule has 2 aliphatic rings. The molecule has 7 aromatic rings. The fourth-order valence-corrected chi connectivity index (χ4v) is 11.4. The van der Waals surface area contributed by atoms with Crippen LogP contribution in [0.3, 0.4) is 0 Å². The van der Waals surface area contributed by atoms with Gasteiger partial charge in [-0.2, -0.15) is 0 Å². The van der Waals surface area contributed by atoms with Gasteiger partial charge in [-0.15, -0.1) is 0 Å². The second-order valence-corrected chi connectivity index (χ2v) is 19.9. The van der Waals surface area contributed by atoms with Crippen molar-refractivity contribution in [2.45, 2.75) is 142 Å². The maximum absolute atomic E-state index is 14.9. The van der Waals surface area contributed by atoms with Crippen LogP contribution in [-0.4, -0.2) is 59.1 Å². The summed E-state index contributed by atoms with van der Waals surface area (Å²) < 4.78 is 0. The molecule has 0 radical (unpaired) electrons. The minimum Gasteiger partial charge on any atom is -0.298 e. The van der Waals surface area contributed by atoms with Gasteiger partial charge in [0.2, 0.25) is 0 Å². The molecule has 8 heteroatoms. The number of hydrogen-bond acceptors (Lipinski definition) is 6. The van der Waals surface area contributed by atoms with E-state index in [0.29, 0.717) is 57.2 Å². The Morgan fingerprint density at radius 3 is 0.971 bits per heavy atom. The van der Waals surface area contributed by atoms with Crippen molar-refractivity contribution < 1.29 is 28.8 Å². The number of hydrogen-bond donors (Lipinski definition) is 0. The molecule has 2 aliphatic heterocycles. The summed E-state index contributed by atoms with van der Waals surface area (Å²) in [4.78, 5) is 85.6. The molecule has 0 bridgehead atoms. The average Bonchev–Trinajstić information content (AvgIpc) is 3.39. The van der Waals surface area contributed by atoms with Crippen molar-refractivity contribution in [3.63, 3.8) is 0 Å². The third kappa shape index (κ3) is 9.30. The molecule has 0 saturated heterocycles. The molecule has 0 aliphatic carbocycles. The van der Waals surface area contributed by atoms with Crippen molar-refractivity contribution in [3.8, 4) is 22.3 Å². The highest BCUT2D eigenvalue weighted by atomic mass is 16.2. The number of rotatable bonds is 26. The van der Waals surface area contributed by atoms with Crippen molar-refractivity contribution in [3.05, 3.63) is 118 Å². The summed E-state index contributed by atoms with van der Waals surface area (Å²) in [5, 5.41) is 5.84. The third-order valence-electron chi connectivity index (χ3n) is 15.2. The van der Waals surface area contributed by atoms with Crippen LogP contribution in [0.15, 0.2) is 84.9 Å². The number of aldehydes is 2. The number of carbonyl (C=O) groups is 6. The molecule has 0 atom stereocenters. The van der Waals surface area contributed by atoms with Gasteiger partial charge in [-0.25, -0.2) is 0 Å². The van der Waals surface area contributed by atoms with Crippen LogP contribution < -0.4 is 0 Å². The number of benzene rings is 7. The van der Waals surface area contributed by atoms with E-state index in [2.05, 4.69) is 13.8 Å². The van der Waals surface area contributed by atoms with Gasteiger partial charge in [0.05, 0.1) is 0 Å². The van der Waals surface area contributed by atoms with Crippen LogP contribution in [0.25, 0.3) is 65.3 Å². The van der Waals surface area contributed by atoms with Gasteiger partial charge in [0, 0.05) is 57.2 Å². The van der Waals surface area contributed by atoms with Crippen LogP contribution in [-0.2, 0) is 0 Å². The Morgan fingerprint density at radius 2 is 0.643 bits per heavy atom. The van der Waals surface area contributed by atoms with Gasteiger partial charge in [0.1, 0.15) is 12.6 Å². The molecule has 0 unspecified atom stereocenters. The summed E-state index contributed by atoms with van der Waals surface area (Å²) in [6, 6.07) is 26.0. The van der Waals surface area contributed by atoms with E-state index in [-0.39, 0.29) is 23.6 Å². The van der Waals surface area contributed by atoms with E-state index in [9.17, 15) is 28.8 Å². The van der Waals surface area contributed by atoms with Gasteiger partial charge >= 0.3 is 0 Å². The van der Waals surface area contributed by atoms with Gasteiger partial charge in [-0.1, -0.05) is 190 Å². The van der Waals surface area contributed by atoms with Gasteiger partial charge in [-0.3, -0.25) is 38.6 Å². The largest absolute Gasteiger partial charge is 0.298 e. The van der Waals surface area contributed by atoms with E-state index < -0.39 is 0 Å². The Bertz CT molecular complexity index is 2880. The third-order valence-corrected chi connectivity index (χ3v) is 15.2. The second-order valence-electron chi connectivity index (χ2n) is 19.9. The lowest BCUT2D eigenvalue weighted by Gasteiger charge is -2.32. The molecule has 8 nitrogen and oxygen atoms in total. The Labute approximate surface area is 412 Å². The number of carbonyl (C=O) groups excluding carboxylic acids is 6. The highest BCUT2D eigenvalue weighted by molar-refractivity contribution is 6.44. The molecule has 0 N–H and O–H groups in total. The zero-order valence-corrected chi connectivity index (χ0v) is 41.1. The monoisotopic (exact) mass is 934 g/mol. The van der Waals surface area contributed by atoms with Crippen LogP contribution in [0, 0.1) is 0 Å². The maximum atomic E-state index is 14.9. The smallest absolute Gasteiger partial charge is 0.261 e. The molecule has 0 fully saturated rings. The van der Waals surface area contributed by atoms with Crippen molar-refractivity contribution in [2.24, 2.45) is 0 Å². The van der Waals surface area contributed by atoms with E-state index >= 15 is 0 Å². The normalized spacial score (nSPS) is 13.6. The summed E-state index contributed by atoms with van der Waals surface area (Å²) >= 11 is 0. The quantitative estimate of drug-likeness (QED) is 0.0176. The summed E-state index contributed by atoms with van der Waals surface area (Å²) in [5.74, 6) is -1.29. The molecular formula is C62H66N2O6. The van der Waals surface area contributed by atoms with Gasteiger partial charge in [0.15, 0.2) is 0 Å². The average molecular weight is 935 g/mol. The molecule has 2 heterocycles. The maximum Gasteiger partial charge on any atom is 0.261 e. The van der Waals surface area contributed by atoms with Gasteiger partial charge in [-0.05, 0) is 91.7 Å². The molecule has 70 heavy (non-hydrogen) atoms. The van der Waals surface area contributed by atoms with Crippen LogP contribution >= 0.6 is 0 Å². The first-order valence-electron chi connectivity index (χ1n) is 26.4. The standard InChI is InChI=1S/C62H66N2O6/c1-3-5-7-9-11-13-15-17-19-21-35-63-59(67)47-33-31-45-54-50(44-29-25-42(40-66)26-30-44)38-52-56-48(60(68)64(62(52)70)36-22-20-18-16-14-12-10-8-6-4-2)34-32-46(58(54)56)53-49(43-27-23-41(39-65)24-28-43)37-51(61(63)69)55(47)57(45)53/h23-34,37-40H,3-22,35-36H2,1-2H3. The molecule has 0 saturated carbocycles. The fraction of sp³-hybridized carbons (Fsp3) is 0.387. The molecule has 4 amide bonds. The van der Waals surface area contributed by atoms with E-state index in [1.165, 1.54) is 86.8 Å². The fourth-order valence-electron chi connectivity index (χ4n) is 11.4. The Morgan fingerprint density at radius 1 is 0.329 bits per heavy atom. The lowest BCUT2D eigenvalue weighted by molar-refractivity contribution is 0.0592. The van der Waals surface area contributed by atoms with E-state index in [1.807, 2.05) is 60.7 Å². The summed E-state index contributed by atoms with van der Waals surface area (Å²) in [6.07, 6.45) is 24.4. The number of fused-ring (bicyclic) bond motifs is 2. The lowest BCUT2D eigenvalue weighted by Crippen LogP contribution is -2.41. The Kier molecular flexibility index (Phi) is 15.3. The first-order valence-corrected chi connectivity index (χ1v) is 26.4. The van der Waals surface area contributed by atoms with Gasteiger partial charge < -0.3 is 0 Å². The number of unbranched alkanes of at least 4 members (excludes halogenated alkanes) is 18. The zero-order valence-electron chi connectivity index (χ0n) is 41.1. The number of amides is 4. The van der Waals surface area contributed by atoms with Crippen molar-refractivity contribution in [1.82, 2.24) is 9.80 Å². The summed E-state index contributed by atoms with van der Waals surface area (Å²) in [7, 11) is 0. The molecule has 0 aromatic heterocycles. The topological polar surface area (TPSA) is 109 Å². The van der Waals surface area contributed by atoms with E-state index in [4.69, 9.17) is 0 Å². The minimum atomic E-state index is -0.331. The predicted molar refractivity (Wildman–Crippen MR) is 284 cm³/mol. The number of nitrogens with zero attached hydrogens (tertiary/aromatic N) is 2. The van der Waals surface area contributed by atoms with Crippen LogP contribution in [0.5, 0.6) is 0 Å². The van der Waals surface area contributed by atoms with Crippen LogP contribution in [0.1, 0.15) is 204 Å². The van der Waals surface area contributed by atoms with Crippen LogP contribution in [0.4, 0.5) is 0 Å².